The lowest BCUT2D eigenvalue weighted by Crippen LogP contribution is -2.16. The van der Waals surface area contributed by atoms with Crippen molar-refractivity contribution in [1.82, 2.24) is 0 Å². The summed E-state index contributed by atoms with van der Waals surface area (Å²) in [6.07, 6.45) is 0. The van der Waals surface area contributed by atoms with Crippen LogP contribution in [0.3, 0.4) is 0 Å². The summed E-state index contributed by atoms with van der Waals surface area (Å²) in [5, 5.41) is 16.9. The quantitative estimate of drug-likeness (QED) is 0.652. The minimum atomic E-state index is -1.75. The summed E-state index contributed by atoms with van der Waals surface area (Å²) in [5.74, 6) is 0.670. The summed E-state index contributed by atoms with van der Waals surface area (Å²) in [4.78, 5) is 0. The fourth-order valence-electron chi connectivity index (χ4n) is 0.987. The normalized spacial score (nSPS) is 9.77. The first-order valence-corrected chi connectivity index (χ1v) is 3.83. The van der Waals surface area contributed by atoms with E-state index in [1.165, 1.54) is 0 Å². The molecule has 1 aromatic rings. The maximum absolute atomic E-state index is 8.47. The van der Waals surface area contributed by atoms with E-state index in [0.717, 1.165) is 5.56 Å². The molecule has 2 N–H and O–H groups in total. The Kier molecular flexibility index (Phi) is 3.76. The Morgan fingerprint density at radius 1 is 1.31 bits per heavy atom. The second-order valence-electron chi connectivity index (χ2n) is 2.45. The predicted octanol–water partition coefficient (Wildman–Crippen LogP) is 0.181. The van der Waals surface area contributed by atoms with Crippen LogP contribution in [0.5, 0.6) is 5.75 Å². The van der Waals surface area contributed by atoms with Crippen LogP contribution in [0, 0.1) is 0 Å². The minimum Gasteiger partial charge on any atom is -0.496 e. The molecule has 0 atom stereocenters. The van der Waals surface area contributed by atoms with Crippen molar-refractivity contribution in [1.29, 1.82) is 0 Å². The van der Waals surface area contributed by atoms with Gasteiger partial charge in [-0.3, -0.25) is 0 Å². The summed E-state index contributed by atoms with van der Waals surface area (Å²) in [6, 6.07) is 7.23. The molecular formula is C8H11BO4. The molecule has 0 unspecified atom stereocenters. The third-order valence-electron chi connectivity index (χ3n) is 1.58. The Hall–Kier alpha value is -1.04. The average Bonchev–Trinajstić information content (AvgIpc) is 2.15. The van der Waals surface area contributed by atoms with Crippen molar-refractivity contribution in [3.63, 3.8) is 0 Å². The highest BCUT2D eigenvalue weighted by Gasteiger charge is 2.10. The number of hydrogen-bond acceptors (Lipinski definition) is 4. The van der Waals surface area contributed by atoms with Crippen LogP contribution in [-0.2, 0) is 11.3 Å². The maximum atomic E-state index is 8.47. The second kappa shape index (κ2) is 4.86. The van der Waals surface area contributed by atoms with Crippen molar-refractivity contribution < 1.29 is 19.4 Å². The molecule has 0 heterocycles. The predicted molar refractivity (Wildman–Crippen MR) is 48.0 cm³/mol. The number of ether oxygens (including phenoxy) is 1. The summed E-state index contributed by atoms with van der Waals surface area (Å²) in [7, 11) is -0.196. The van der Waals surface area contributed by atoms with Gasteiger partial charge in [0.05, 0.1) is 13.7 Å². The number of benzene rings is 1. The molecule has 1 aromatic carbocycles. The van der Waals surface area contributed by atoms with Gasteiger partial charge in [0.1, 0.15) is 5.75 Å². The average molecular weight is 182 g/mol. The van der Waals surface area contributed by atoms with Gasteiger partial charge < -0.3 is 19.4 Å². The third-order valence-corrected chi connectivity index (χ3v) is 1.58. The fourth-order valence-corrected chi connectivity index (χ4v) is 0.987. The van der Waals surface area contributed by atoms with E-state index < -0.39 is 7.32 Å². The van der Waals surface area contributed by atoms with E-state index in [-0.39, 0.29) is 6.61 Å². The van der Waals surface area contributed by atoms with Crippen molar-refractivity contribution in [2.75, 3.05) is 7.11 Å². The molecule has 0 amide bonds. The van der Waals surface area contributed by atoms with Crippen LogP contribution >= 0.6 is 0 Å². The molecule has 0 aliphatic carbocycles. The number of hydrogen-bond donors (Lipinski definition) is 2. The molecule has 13 heavy (non-hydrogen) atoms. The summed E-state index contributed by atoms with van der Waals surface area (Å²) in [5.41, 5.74) is 0.776. The molecule has 0 spiro atoms. The zero-order chi connectivity index (χ0) is 9.68. The molecule has 0 aliphatic heterocycles. The van der Waals surface area contributed by atoms with Gasteiger partial charge in [0, 0.05) is 5.56 Å². The molecular weight excluding hydrogens is 171 g/mol. The molecule has 4 nitrogen and oxygen atoms in total. The molecule has 1 rings (SSSR count). The zero-order valence-corrected chi connectivity index (χ0v) is 7.30. The topological polar surface area (TPSA) is 58.9 Å². The molecule has 0 saturated heterocycles. The van der Waals surface area contributed by atoms with Crippen LogP contribution in [0.1, 0.15) is 5.56 Å². The molecule has 0 saturated carbocycles. The highest BCUT2D eigenvalue weighted by atomic mass is 16.6. The minimum absolute atomic E-state index is 0.113. The van der Waals surface area contributed by atoms with Gasteiger partial charge in [-0.15, -0.1) is 0 Å². The smallest absolute Gasteiger partial charge is 0.496 e. The van der Waals surface area contributed by atoms with Crippen LogP contribution in [0.4, 0.5) is 0 Å². The van der Waals surface area contributed by atoms with E-state index >= 15 is 0 Å². The van der Waals surface area contributed by atoms with Crippen LogP contribution in [0.15, 0.2) is 24.3 Å². The third kappa shape index (κ3) is 3.06. The summed E-state index contributed by atoms with van der Waals surface area (Å²) < 4.78 is 9.64. The van der Waals surface area contributed by atoms with E-state index in [4.69, 9.17) is 14.8 Å². The molecule has 0 radical (unpaired) electrons. The lowest BCUT2D eigenvalue weighted by Gasteiger charge is -2.07. The van der Waals surface area contributed by atoms with Crippen LogP contribution in [0.2, 0.25) is 0 Å². The van der Waals surface area contributed by atoms with E-state index in [0.29, 0.717) is 5.75 Å². The van der Waals surface area contributed by atoms with Gasteiger partial charge in [0.15, 0.2) is 0 Å². The van der Waals surface area contributed by atoms with Crippen molar-refractivity contribution >= 4 is 7.32 Å². The largest absolute Gasteiger partial charge is 0.634 e. The Balaban J connectivity index is 2.64. The number of methoxy groups -OCH3 is 1. The van der Waals surface area contributed by atoms with Crippen LogP contribution < -0.4 is 4.74 Å². The summed E-state index contributed by atoms with van der Waals surface area (Å²) >= 11 is 0. The molecule has 0 aliphatic rings. The molecule has 0 aromatic heterocycles. The zero-order valence-electron chi connectivity index (χ0n) is 7.30. The highest BCUT2D eigenvalue weighted by molar-refractivity contribution is 6.32. The second-order valence-corrected chi connectivity index (χ2v) is 2.45. The van der Waals surface area contributed by atoms with Crippen LogP contribution in [-0.4, -0.2) is 24.5 Å². The first kappa shape index (κ1) is 10.0. The molecule has 0 fully saturated rings. The van der Waals surface area contributed by atoms with Crippen molar-refractivity contribution in [3.05, 3.63) is 29.8 Å². The maximum Gasteiger partial charge on any atom is 0.634 e. The van der Waals surface area contributed by atoms with E-state index in [9.17, 15) is 0 Å². The highest BCUT2D eigenvalue weighted by Crippen LogP contribution is 2.17. The van der Waals surface area contributed by atoms with Crippen molar-refractivity contribution in [2.45, 2.75) is 6.61 Å². The Labute approximate surface area is 76.9 Å². The Morgan fingerprint density at radius 3 is 2.62 bits per heavy atom. The fraction of sp³-hybridized carbons (Fsp3) is 0.250. The van der Waals surface area contributed by atoms with Gasteiger partial charge in [0.25, 0.3) is 0 Å². The van der Waals surface area contributed by atoms with Gasteiger partial charge in [0.2, 0.25) is 0 Å². The monoisotopic (exact) mass is 182 g/mol. The molecule has 70 valence electrons. The van der Waals surface area contributed by atoms with Crippen molar-refractivity contribution in [3.8, 4) is 5.75 Å². The van der Waals surface area contributed by atoms with E-state index in [1.54, 1.807) is 19.2 Å². The SMILES string of the molecule is COc1ccccc1COB(O)O. The first-order valence-electron chi connectivity index (χ1n) is 3.83. The van der Waals surface area contributed by atoms with Gasteiger partial charge in [-0.1, -0.05) is 18.2 Å². The van der Waals surface area contributed by atoms with Gasteiger partial charge in [-0.05, 0) is 6.07 Å². The lowest BCUT2D eigenvalue weighted by molar-refractivity contribution is 0.175. The van der Waals surface area contributed by atoms with Gasteiger partial charge >= 0.3 is 7.32 Å². The summed E-state index contributed by atoms with van der Waals surface area (Å²) in [6.45, 7) is 0.113. The van der Waals surface area contributed by atoms with Crippen LogP contribution in [0.25, 0.3) is 0 Å². The Bertz CT molecular complexity index is 264. The first-order chi connectivity index (χ1) is 6.24. The number of para-hydroxylation sites is 1. The van der Waals surface area contributed by atoms with E-state index in [2.05, 4.69) is 4.65 Å². The standard InChI is InChI=1S/C8H11BO4/c1-12-8-5-3-2-4-7(8)6-13-9(10)11/h2-5,10-11H,6H2,1H3. The lowest BCUT2D eigenvalue weighted by atomic mass is 10.2. The van der Waals surface area contributed by atoms with E-state index in [1.807, 2.05) is 12.1 Å². The van der Waals surface area contributed by atoms with Gasteiger partial charge in [-0.25, -0.2) is 0 Å². The number of rotatable bonds is 4. The van der Waals surface area contributed by atoms with Gasteiger partial charge in [-0.2, -0.15) is 0 Å². The Morgan fingerprint density at radius 2 is 2.00 bits per heavy atom. The molecule has 0 bridgehead atoms. The molecule has 5 heteroatoms. The van der Waals surface area contributed by atoms with Crippen molar-refractivity contribution in [2.24, 2.45) is 0 Å².